The van der Waals surface area contributed by atoms with Crippen molar-refractivity contribution in [3.63, 3.8) is 0 Å². The van der Waals surface area contributed by atoms with E-state index in [1.54, 1.807) is 13.0 Å². The lowest BCUT2D eigenvalue weighted by molar-refractivity contribution is 0.194. The van der Waals surface area contributed by atoms with E-state index in [-0.39, 0.29) is 24.8 Å². The summed E-state index contributed by atoms with van der Waals surface area (Å²) in [5, 5.41) is 23.3. The quantitative estimate of drug-likeness (QED) is 0.893. The molecule has 0 saturated heterocycles. The van der Waals surface area contributed by atoms with Crippen LogP contribution in [0.2, 0.25) is 0 Å². The molecule has 0 aliphatic heterocycles. The zero-order valence-corrected chi connectivity index (χ0v) is 11.8. The first-order chi connectivity index (χ1) is 9.04. The van der Waals surface area contributed by atoms with Gasteiger partial charge in [-0.25, -0.2) is 14.1 Å². The van der Waals surface area contributed by atoms with Crippen molar-refractivity contribution in [3.05, 3.63) is 45.7 Å². The van der Waals surface area contributed by atoms with Crippen molar-refractivity contribution in [2.45, 2.75) is 19.6 Å². The van der Waals surface area contributed by atoms with Gasteiger partial charge >= 0.3 is 0 Å². The molecule has 7 heteroatoms. The standard InChI is InChI=1S/C12H13BrFN3O2/c1-7-8(3-2-4-9(7)14)10(19)11-15-12(13)16-17(11)5-6-18/h2-4,10,18-19H,5-6H2,1H3. The van der Waals surface area contributed by atoms with Crippen molar-refractivity contribution in [1.29, 1.82) is 0 Å². The van der Waals surface area contributed by atoms with Crippen LogP contribution in [0.5, 0.6) is 0 Å². The first-order valence-electron chi connectivity index (χ1n) is 5.68. The predicted octanol–water partition coefficient (Wildman–Crippen LogP) is 1.56. The Morgan fingerprint density at radius 2 is 2.21 bits per heavy atom. The molecule has 1 atom stereocenters. The SMILES string of the molecule is Cc1c(F)cccc1C(O)c1nc(Br)nn1CCO. The molecule has 19 heavy (non-hydrogen) atoms. The van der Waals surface area contributed by atoms with Gasteiger partial charge in [0.05, 0.1) is 13.2 Å². The van der Waals surface area contributed by atoms with Gasteiger partial charge in [-0.15, -0.1) is 5.10 Å². The van der Waals surface area contributed by atoms with Crippen molar-refractivity contribution in [2.75, 3.05) is 6.61 Å². The summed E-state index contributed by atoms with van der Waals surface area (Å²) in [7, 11) is 0. The molecule has 0 aliphatic rings. The Balaban J connectivity index is 2.43. The van der Waals surface area contributed by atoms with E-state index in [9.17, 15) is 9.50 Å². The lowest BCUT2D eigenvalue weighted by Crippen LogP contribution is -2.14. The van der Waals surface area contributed by atoms with Crippen molar-refractivity contribution < 1.29 is 14.6 Å². The van der Waals surface area contributed by atoms with Crippen LogP contribution in [0.4, 0.5) is 4.39 Å². The van der Waals surface area contributed by atoms with Crippen molar-refractivity contribution in [1.82, 2.24) is 14.8 Å². The van der Waals surface area contributed by atoms with Crippen LogP contribution in [0.1, 0.15) is 23.1 Å². The Morgan fingerprint density at radius 1 is 1.47 bits per heavy atom. The fourth-order valence-corrected chi connectivity index (χ4v) is 2.22. The zero-order valence-electron chi connectivity index (χ0n) is 10.2. The fraction of sp³-hybridized carbons (Fsp3) is 0.333. The summed E-state index contributed by atoms with van der Waals surface area (Å²) in [6.45, 7) is 1.67. The Bertz CT molecular complexity index is 588. The third kappa shape index (κ3) is 2.83. The van der Waals surface area contributed by atoms with Gasteiger partial charge in [-0.3, -0.25) is 0 Å². The minimum atomic E-state index is -1.10. The number of nitrogens with zero attached hydrogens (tertiary/aromatic N) is 3. The monoisotopic (exact) mass is 329 g/mol. The van der Waals surface area contributed by atoms with Gasteiger partial charge in [0, 0.05) is 0 Å². The van der Waals surface area contributed by atoms with E-state index < -0.39 is 6.10 Å². The summed E-state index contributed by atoms with van der Waals surface area (Å²) in [5.74, 6) is -0.126. The Morgan fingerprint density at radius 3 is 2.89 bits per heavy atom. The van der Waals surface area contributed by atoms with Crippen LogP contribution >= 0.6 is 15.9 Å². The molecule has 0 saturated carbocycles. The number of benzene rings is 1. The van der Waals surface area contributed by atoms with E-state index in [0.717, 1.165) is 0 Å². The van der Waals surface area contributed by atoms with E-state index in [0.29, 0.717) is 15.9 Å². The molecule has 0 bridgehead atoms. The second-order valence-corrected chi connectivity index (χ2v) is 4.75. The maximum Gasteiger partial charge on any atom is 0.217 e. The van der Waals surface area contributed by atoms with E-state index in [1.165, 1.54) is 16.8 Å². The highest BCUT2D eigenvalue weighted by atomic mass is 79.9. The predicted molar refractivity (Wildman–Crippen MR) is 70.0 cm³/mol. The maximum atomic E-state index is 13.5. The minimum absolute atomic E-state index is 0.127. The molecule has 1 unspecified atom stereocenters. The van der Waals surface area contributed by atoms with E-state index in [1.807, 2.05) is 0 Å². The summed E-state index contributed by atoms with van der Waals surface area (Å²) in [4.78, 5) is 4.06. The minimum Gasteiger partial charge on any atom is -0.394 e. The molecule has 1 aromatic heterocycles. The molecule has 0 aliphatic carbocycles. The summed E-state index contributed by atoms with van der Waals surface area (Å²) in [6, 6.07) is 4.50. The number of aliphatic hydroxyl groups excluding tert-OH is 2. The van der Waals surface area contributed by atoms with Crippen molar-refractivity contribution in [2.24, 2.45) is 0 Å². The molecule has 1 aromatic carbocycles. The highest BCUT2D eigenvalue weighted by Gasteiger charge is 2.21. The van der Waals surface area contributed by atoms with Gasteiger partial charge in [0.15, 0.2) is 5.82 Å². The van der Waals surface area contributed by atoms with Crippen molar-refractivity contribution in [3.8, 4) is 0 Å². The molecule has 5 nitrogen and oxygen atoms in total. The molecule has 0 fully saturated rings. The highest BCUT2D eigenvalue weighted by Crippen LogP contribution is 2.25. The lowest BCUT2D eigenvalue weighted by Gasteiger charge is -2.14. The van der Waals surface area contributed by atoms with Gasteiger partial charge in [-0.1, -0.05) is 12.1 Å². The Kier molecular flexibility index (Phi) is 4.28. The number of hydrogen-bond acceptors (Lipinski definition) is 4. The Hall–Kier alpha value is -1.31. The summed E-state index contributed by atoms with van der Waals surface area (Å²) in [6.07, 6.45) is -1.10. The van der Waals surface area contributed by atoms with Gasteiger partial charge in [0.25, 0.3) is 0 Å². The molecule has 2 rings (SSSR count). The summed E-state index contributed by atoms with van der Waals surface area (Å²) in [5.41, 5.74) is 0.795. The Labute approximate surface area is 117 Å². The van der Waals surface area contributed by atoms with Crippen LogP contribution in [0, 0.1) is 12.7 Å². The van der Waals surface area contributed by atoms with Gasteiger partial charge in [-0.05, 0) is 40.0 Å². The third-order valence-corrected chi connectivity index (χ3v) is 3.17. The average Bonchev–Trinajstić information content (AvgIpc) is 2.73. The molecular weight excluding hydrogens is 317 g/mol. The molecule has 1 heterocycles. The van der Waals surface area contributed by atoms with Crippen LogP contribution in [0.15, 0.2) is 22.9 Å². The molecule has 0 amide bonds. The smallest absolute Gasteiger partial charge is 0.217 e. The normalized spacial score (nSPS) is 12.7. The molecule has 102 valence electrons. The van der Waals surface area contributed by atoms with Crippen LogP contribution in [-0.4, -0.2) is 31.6 Å². The molecule has 0 spiro atoms. The largest absolute Gasteiger partial charge is 0.394 e. The molecular formula is C12H13BrFN3O2. The second-order valence-electron chi connectivity index (χ2n) is 4.04. The van der Waals surface area contributed by atoms with Crippen LogP contribution in [0.25, 0.3) is 0 Å². The number of rotatable bonds is 4. The zero-order chi connectivity index (χ0) is 14.0. The second kappa shape index (κ2) is 5.77. The van der Waals surface area contributed by atoms with Crippen LogP contribution in [0.3, 0.4) is 0 Å². The van der Waals surface area contributed by atoms with E-state index >= 15 is 0 Å². The van der Waals surface area contributed by atoms with Crippen molar-refractivity contribution >= 4 is 15.9 Å². The van der Waals surface area contributed by atoms with Gasteiger partial charge in [0.1, 0.15) is 11.9 Å². The number of aliphatic hydroxyl groups is 2. The number of aromatic nitrogens is 3. The molecule has 2 N–H and O–H groups in total. The summed E-state index contributed by atoms with van der Waals surface area (Å²) < 4.78 is 15.2. The first-order valence-corrected chi connectivity index (χ1v) is 6.48. The summed E-state index contributed by atoms with van der Waals surface area (Å²) >= 11 is 3.12. The lowest BCUT2D eigenvalue weighted by atomic mass is 10.0. The molecule has 0 radical (unpaired) electrons. The first kappa shape index (κ1) is 14.1. The van der Waals surface area contributed by atoms with Crippen LogP contribution < -0.4 is 0 Å². The van der Waals surface area contributed by atoms with E-state index in [4.69, 9.17) is 5.11 Å². The highest BCUT2D eigenvalue weighted by molar-refractivity contribution is 9.10. The van der Waals surface area contributed by atoms with Gasteiger partial charge < -0.3 is 10.2 Å². The van der Waals surface area contributed by atoms with E-state index in [2.05, 4.69) is 26.0 Å². The number of halogens is 2. The molecule has 2 aromatic rings. The third-order valence-electron chi connectivity index (χ3n) is 2.84. The van der Waals surface area contributed by atoms with Gasteiger partial charge in [0.2, 0.25) is 4.73 Å². The topological polar surface area (TPSA) is 71.2 Å². The number of hydrogen-bond donors (Lipinski definition) is 2. The average molecular weight is 330 g/mol. The van der Waals surface area contributed by atoms with Gasteiger partial charge in [-0.2, -0.15) is 0 Å². The fourth-order valence-electron chi connectivity index (χ4n) is 1.85. The van der Waals surface area contributed by atoms with Crippen LogP contribution in [-0.2, 0) is 6.54 Å². The maximum absolute atomic E-state index is 13.5.